The van der Waals surface area contributed by atoms with E-state index in [0.29, 0.717) is 0 Å². The molecule has 1 aromatic heterocycles. The number of nitrogens with zero attached hydrogens (tertiary/aromatic N) is 3. The molecule has 0 atom stereocenters. The van der Waals surface area contributed by atoms with Crippen molar-refractivity contribution in [1.29, 1.82) is 0 Å². The number of likely N-dealkylation sites (N-methyl/N-ethyl adjacent to an activating group) is 1. The van der Waals surface area contributed by atoms with Gasteiger partial charge in [-0.1, -0.05) is 30.3 Å². The number of benzene rings is 2. The van der Waals surface area contributed by atoms with E-state index in [1.807, 2.05) is 18.3 Å². The highest BCUT2D eigenvalue weighted by Crippen LogP contribution is 2.28. The Bertz CT molecular complexity index is 900. The molecule has 1 saturated heterocycles. The molecule has 0 N–H and O–H groups in total. The molecular weight excluding hydrogens is 334 g/mol. The number of pyridine rings is 1. The third-order valence-electron chi connectivity index (χ3n) is 5.19. The van der Waals surface area contributed by atoms with E-state index >= 15 is 0 Å². The van der Waals surface area contributed by atoms with Gasteiger partial charge in [0.1, 0.15) is 5.75 Å². The van der Waals surface area contributed by atoms with Gasteiger partial charge in [0.05, 0.1) is 12.8 Å². The van der Waals surface area contributed by atoms with E-state index in [-0.39, 0.29) is 0 Å². The first-order chi connectivity index (χ1) is 13.2. The summed E-state index contributed by atoms with van der Waals surface area (Å²) in [6.45, 7) is 4.33. The topological polar surface area (TPSA) is 28.6 Å². The Kier molecular flexibility index (Phi) is 5.07. The van der Waals surface area contributed by atoms with Gasteiger partial charge in [0.2, 0.25) is 0 Å². The van der Waals surface area contributed by atoms with Crippen molar-refractivity contribution in [3.63, 3.8) is 0 Å². The lowest BCUT2D eigenvalue weighted by atomic mass is 10.0. The molecule has 0 amide bonds. The van der Waals surface area contributed by atoms with E-state index in [1.54, 1.807) is 7.11 Å². The van der Waals surface area contributed by atoms with Crippen molar-refractivity contribution in [2.75, 3.05) is 45.2 Å². The van der Waals surface area contributed by atoms with Gasteiger partial charge in [0.15, 0.2) is 0 Å². The molecule has 1 fully saturated rings. The van der Waals surface area contributed by atoms with Crippen molar-refractivity contribution in [2.45, 2.75) is 0 Å². The second kappa shape index (κ2) is 7.80. The third kappa shape index (κ3) is 3.96. The predicted octanol–water partition coefficient (Wildman–Crippen LogP) is 4.18. The number of piperazine rings is 1. The summed E-state index contributed by atoms with van der Waals surface area (Å²) in [4.78, 5) is 9.44. The predicted molar refractivity (Wildman–Crippen MR) is 111 cm³/mol. The van der Waals surface area contributed by atoms with Gasteiger partial charge < -0.3 is 14.5 Å². The van der Waals surface area contributed by atoms with Crippen molar-refractivity contribution < 1.29 is 4.74 Å². The van der Waals surface area contributed by atoms with E-state index < -0.39 is 0 Å². The maximum atomic E-state index is 5.26. The summed E-state index contributed by atoms with van der Waals surface area (Å²) >= 11 is 0. The van der Waals surface area contributed by atoms with Gasteiger partial charge in [-0.2, -0.15) is 0 Å². The van der Waals surface area contributed by atoms with Crippen molar-refractivity contribution in [2.24, 2.45) is 0 Å². The SMILES string of the molecule is COc1ccc(-c2cccc(-c3cc(N4CCN(C)CC4)ccn3)c2)cc1. The van der Waals surface area contributed by atoms with Crippen LogP contribution in [0.4, 0.5) is 5.69 Å². The Morgan fingerprint density at radius 2 is 1.56 bits per heavy atom. The summed E-state index contributed by atoms with van der Waals surface area (Å²) in [7, 11) is 3.87. The largest absolute Gasteiger partial charge is 0.497 e. The van der Waals surface area contributed by atoms with Crippen molar-refractivity contribution in [1.82, 2.24) is 9.88 Å². The zero-order chi connectivity index (χ0) is 18.6. The van der Waals surface area contributed by atoms with E-state index in [0.717, 1.165) is 43.2 Å². The molecule has 1 aliphatic heterocycles. The second-order valence-corrected chi connectivity index (χ2v) is 7.00. The summed E-state index contributed by atoms with van der Waals surface area (Å²) in [5.74, 6) is 0.872. The van der Waals surface area contributed by atoms with Gasteiger partial charge in [-0.25, -0.2) is 0 Å². The molecule has 0 aliphatic carbocycles. The summed E-state index contributed by atoms with van der Waals surface area (Å²) in [5.41, 5.74) is 5.76. The Hall–Kier alpha value is -2.85. The number of hydrogen-bond acceptors (Lipinski definition) is 4. The van der Waals surface area contributed by atoms with Crippen LogP contribution >= 0.6 is 0 Å². The molecule has 2 heterocycles. The summed E-state index contributed by atoms with van der Waals surface area (Å²) in [5, 5.41) is 0. The third-order valence-corrected chi connectivity index (χ3v) is 5.19. The highest BCUT2D eigenvalue weighted by molar-refractivity contribution is 5.73. The van der Waals surface area contributed by atoms with Crippen LogP contribution in [0.25, 0.3) is 22.4 Å². The van der Waals surface area contributed by atoms with Gasteiger partial charge in [-0.15, -0.1) is 0 Å². The lowest BCUT2D eigenvalue weighted by Gasteiger charge is -2.34. The number of ether oxygens (including phenoxy) is 1. The second-order valence-electron chi connectivity index (χ2n) is 7.00. The quantitative estimate of drug-likeness (QED) is 0.699. The first-order valence-corrected chi connectivity index (χ1v) is 9.37. The smallest absolute Gasteiger partial charge is 0.118 e. The Morgan fingerprint density at radius 1 is 0.815 bits per heavy atom. The zero-order valence-electron chi connectivity index (χ0n) is 15.9. The highest BCUT2D eigenvalue weighted by Gasteiger charge is 2.15. The normalized spacial score (nSPS) is 15.0. The van der Waals surface area contributed by atoms with Gasteiger partial charge in [0, 0.05) is 43.6 Å². The fourth-order valence-corrected chi connectivity index (χ4v) is 3.48. The molecule has 4 nitrogen and oxygen atoms in total. The minimum Gasteiger partial charge on any atom is -0.497 e. The van der Waals surface area contributed by atoms with Crippen LogP contribution in [0.3, 0.4) is 0 Å². The Morgan fingerprint density at radius 3 is 2.30 bits per heavy atom. The fourth-order valence-electron chi connectivity index (χ4n) is 3.48. The molecule has 0 unspecified atom stereocenters. The molecule has 4 heteroatoms. The molecule has 2 aromatic carbocycles. The van der Waals surface area contributed by atoms with Gasteiger partial charge >= 0.3 is 0 Å². The average Bonchev–Trinajstić information content (AvgIpc) is 2.74. The van der Waals surface area contributed by atoms with Crippen LogP contribution < -0.4 is 9.64 Å². The molecular formula is C23H25N3O. The van der Waals surface area contributed by atoms with Gasteiger partial charge in [0.25, 0.3) is 0 Å². The summed E-state index contributed by atoms with van der Waals surface area (Å²) in [6, 6.07) is 21.1. The number of anilines is 1. The van der Waals surface area contributed by atoms with E-state index in [4.69, 9.17) is 4.74 Å². The lowest BCUT2D eigenvalue weighted by molar-refractivity contribution is 0.313. The van der Waals surface area contributed by atoms with Crippen molar-refractivity contribution >= 4 is 5.69 Å². The lowest BCUT2D eigenvalue weighted by Crippen LogP contribution is -2.44. The maximum Gasteiger partial charge on any atom is 0.118 e. The van der Waals surface area contributed by atoms with Crippen LogP contribution in [0, 0.1) is 0 Å². The molecule has 0 bridgehead atoms. The molecule has 3 aromatic rings. The molecule has 27 heavy (non-hydrogen) atoms. The van der Waals surface area contributed by atoms with Crippen LogP contribution in [0.5, 0.6) is 5.75 Å². The minimum atomic E-state index is 0.872. The van der Waals surface area contributed by atoms with Crippen LogP contribution in [0.2, 0.25) is 0 Å². The highest BCUT2D eigenvalue weighted by atomic mass is 16.5. The monoisotopic (exact) mass is 359 g/mol. The molecule has 0 spiro atoms. The Balaban J connectivity index is 1.61. The number of methoxy groups -OCH3 is 1. The standard InChI is InChI=1S/C23H25N3O/c1-25-12-14-26(15-13-25)21-10-11-24-23(17-21)20-5-3-4-19(16-20)18-6-8-22(27-2)9-7-18/h3-11,16-17H,12-15H2,1-2H3. The summed E-state index contributed by atoms with van der Waals surface area (Å²) < 4.78 is 5.26. The minimum absolute atomic E-state index is 0.872. The van der Waals surface area contributed by atoms with Crippen LogP contribution in [0.1, 0.15) is 0 Å². The van der Waals surface area contributed by atoms with E-state index in [2.05, 4.69) is 70.4 Å². The first kappa shape index (κ1) is 17.6. The van der Waals surface area contributed by atoms with E-state index in [9.17, 15) is 0 Å². The molecule has 138 valence electrons. The molecule has 4 rings (SSSR count). The first-order valence-electron chi connectivity index (χ1n) is 9.37. The molecule has 0 saturated carbocycles. The van der Waals surface area contributed by atoms with Crippen molar-refractivity contribution in [3.8, 4) is 28.1 Å². The van der Waals surface area contributed by atoms with Gasteiger partial charge in [-0.3, -0.25) is 4.98 Å². The molecule has 1 aliphatic rings. The molecule has 0 radical (unpaired) electrons. The number of rotatable bonds is 4. The number of aromatic nitrogens is 1. The van der Waals surface area contributed by atoms with Crippen molar-refractivity contribution in [3.05, 3.63) is 66.9 Å². The van der Waals surface area contributed by atoms with Crippen LogP contribution in [-0.4, -0.2) is 50.2 Å². The van der Waals surface area contributed by atoms with Crippen LogP contribution in [-0.2, 0) is 0 Å². The van der Waals surface area contributed by atoms with Gasteiger partial charge in [-0.05, 0) is 48.5 Å². The Labute approximate surface area is 161 Å². The summed E-state index contributed by atoms with van der Waals surface area (Å²) in [6.07, 6.45) is 1.92. The zero-order valence-corrected chi connectivity index (χ0v) is 15.9. The maximum absolute atomic E-state index is 5.26. The average molecular weight is 359 g/mol. The van der Waals surface area contributed by atoms with E-state index in [1.165, 1.54) is 16.8 Å². The fraction of sp³-hybridized carbons (Fsp3) is 0.261. The number of hydrogen-bond donors (Lipinski definition) is 0. The van der Waals surface area contributed by atoms with Crippen LogP contribution in [0.15, 0.2) is 66.9 Å².